The van der Waals surface area contributed by atoms with E-state index >= 15 is 0 Å². The molecule has 0 aliphatic rings. The molecular formula is C60H83ClN18O10. The van der Waals surface area contributed by atoms with Crippen LogP contribution in [-0.2, 0) is 41.6 Å². The van der Waals surface area contributed by atoms with Crippen molar-refractivity contribution in [2.24, 2.45) is 0 Å². The average Bonchev–Trinajstić information content (AvgIpc) is 1.76. The van der Waals surface area contributed by atoms with Gasteiger partial charge in [0.25, 0.3) is 0 Å². The van der Waals surface area contributed by atoms with E-state index < -0.39 is 11.2 Å². The molecule has 2 amide bonds. The van der Waals surface area contributed by atoms with Crippen LogP contribution in [0.5, 0.6) is 11.5 Å². The number of carbonyl (C=O) groups excluding carboxylic acids is 4. The number of unbranched alkanes of at least 4 members (excludes halogenated alkanes) is 4. The fraction of sp³-hybridized carbons (Fsp3) is 0.500. The van der Waals surface area contributed by atoms with E-state index in [2.05, 4.69) is 56.1 Å². The summed E-state index contributed by atoms with van der Waals surface area (Å²) in [7, 11) is 3.49. The highest BCUT2D eigenvalue weighted by Crippen LogP contribution is 2.23. The summed E-state index contributed by atoms with van der Waals surface area (Å²) in [6.45, 7) is 19.4. The van der Waals surface area contributed by atoms with Crippen LogP contribution in [0, 0.1) is 0 Å². The van der Waals surface area contributed by atoms with Crippen LogP contribution in [0.1, 0.15) is 120 Å². The van der Waals surface area contributed by atoms with Crippen LogP contribution in [0.3, 0.4) is 0 Å². The number of carbonyl (C=O) groups is 4. The predicted octanol–water partition coefficient (Wildman–Crippen LogP) is 10.00. The van der Waals surface area contributed by atoms with E-state index in [1.165, 1.54) is 6.20 Å². The van der Waals surface area contributed by atoms with Crippen LogP contribution in [0.2, 0.25) is 5.28 Å². The van der Waals surface area contributed by atoms with Crippen molar-refractivity contribution in [2.45, 2.75) is 144 Å². The highest BCUT2D eigenvalue weighted by molar-refractivity contribution is 6.28. The summed E-state index contributed by atoms with van der Waals surface area (Å²) in [6, 6.07) is 14.9. The third-order valence-corrected chi connectivity index (χ3v) is 12.6. The van der Waals surface area contributed by atoms with Crippen LogP contribution < -0.4 is 20.5 Å². The largest absolute Gasteiger partial charge is 0.494 e. The van der Waals surface area contributed by atoms with E-state index in [0.29, 0.717) is 99.3 Å². The molecule has 8 aromatic rings. The van der Waals surface area contributed by atoms with Gasteiger partial charge in [0.2, 0.25) is 11.2 Å². The minimum absolute atomic E-state index is 0.142. The minimum Gasteiger partial charge on any atom is -0.494 e. The Morgan fingerprint density at radius 2 is 1.04 bits per heavy atom. The summed E-state index contributed by atoms with van der Waals surface area (Å²) in [6.07, 6.45) is 16.9. The van der Waals surface area contributed by atoms with Gasteiger partial charge in [-0.05, 0) is 167 Å². The number of ether oxygens (including phenoxy) is 6. The molecule has 6 aromatic heterocycles. The fourth-order valence-electron chi connectivity index (χ4n) is 8.09. The number of amides is 2. The number of esters is 2. The summed E-state index contributed by atoms with van der Waals surface area (Å²) < 4.78 is 38.8. The molecule has 3 N–H and O–H groups in total. The first kappa shape index (κ1) is 68.9. The molecule has 2 aromatic carbocycles. The molecule has 0 atom stereocenters. The highest BCUT2D eigenvalue weighted by atomic mass is 35.5. The number of nitrogens with two attached hydrogens (primary N) is 1. The van der Waals surface area contributed by atoms with E-state index in [-0.39, 0.29) is 29.4 Å². The van der Waals surface area contributed by atoms with Crippen molar-refractivity contribution in [3.05, 3.63) is 91.0 Å². The zero-order valence-electron chi connectivity index (χ0n) is 52.5. The number of aromatic nitrogens is 14. The first-order valence-electron chi connectivity index (χ1n) is 29.6. The topological polar surface area (TPSA) is 317 Å². The predicted molar refractivity (Wildman–Crippen MR) is 334 cm³/mol. The summed E-state index contributed by atoms with van der Waals surface area (Å²) in [5.41, 5.74) is 9.82. The van der Waals surface area contributed by atoms with E-state index in [0.717, 1.165) is 80.1 Å². The van der Waals surface area contributed by atoms with Crippen molar-refractivity contribution in [3.8, 4) is 22.9 Å². The summed E-state index contributed by atoms with van der Waals surface area (Å²) in [4.78, 5) is 66.7. The Balaban J connectivity index is 0.000000236. The smallest absolute Gasteiger partial charge is 0.410 e. The van der Waals surface area contributed by atoms with Crippen LogP contribution in [0.4, 0.5) is 26.9 Å². The standard InChI is InChI=1S/C30H41N9O5.C17H18ClN5O3.C13H24N4O2/c1-6-42-26(40)11-7-10-18-43-24-14-12-23(13-15-24)39-27-25(35-36-39)20-31-28(34-27)33-22-19-32-38(21-22)17-9-8-16-37(5)29(41)44-30(2,3)4;1-2-25-15(24)5-3-4-10-26-13-8-6-12(7-9-13)23-16-14(21-22-23)11-19-17(18)20-16;1-13(2,3)19-12(18)16(4)7-5-6-8-17-10-11(14)9-15-17/h12-15,19-21H,6-11,16-18H2,1-5H3,(H,31,33,34);6-9,11H,2-5,10H2,1H3;9-10H,5-8,14H2,1-4H3. The summed E-state index contributed by atoms with van der Waals surface area (Å²) in [5, 5.41) is 28.4. The van der Waals surface area contributed by atoms with E-state index in [4.69, 9.17) is 45.8 Å². The van der Waals surface area contributed by atoms with Gasteiger partial charge in [-0.3, -0.25) is 19.0 Å². The lowest BCUT2D eigenvalue weighted by Crippen LogP contribution is -2.34. The Labute approximate surface area is 522 Å². The number of nitrogen functional groups attached to an aromatic ring is 1. The van der Waals surface area contributed by atoms with Gasteiger partial charge in [0.1, 0.15) is 22.7 Å². The quantitative estimate of drug-likeness (QED) is 0.0199. The second-order valence-corrected chi connectivity index (χ2v) is 22.7. The molecule has 0 saturated heterocycles. The van der Waals surface area contributed by atoms with Gasteiger partial charge >= 0.3 is 24.1 Å². The van der Waals surface area contributed by atoms with Gasteiger partial charge in [-0.2, -0.15) is 29.5 Å². The molecule has 28 nitrogen and oxygen atoms in total. The Morgan fingerprint density at radius 3 is 1.51 bits per heavy atom. The van der Waals surface area contributed by atoms with Gasteiger partial charge < -0.3 is 49.3 Å². The zero-order chi connectivity index (χ0) is 64.3. The van der Waals surface area contributed by atoms with Crippen molar-refractivity contribution < 1.29 is 47.6 Å². The lowest BCUT2D eigenvalue weighted by Gasteiger charge is -2.24. The van der Waals surface area contributed by atoms with Crippen LogP contribution >= 0.6 is 11.6 Å². The third-order valence-electron chi connectivity index (χ3n) is 12.4. The number of fused-ring (bicyclic) bond motifs is 2. The molecule has 480 valence electrons. The average molecular weight is 1250 g/mol. The van der Waals surface area contributed by atoms with Gasteiger partial charge in [0, 0.05) is 65.5 Å². The van der Waals surface area contributed by atoms with E-state index in [1.54, 1.807) is 71.9 Å². The number of halogens is 1. The molecule has 0 spiro atoms. The molecule has 0 radical (unpaired) electrons. The molecule has 0 saturated carbocycles. The highest BCUT2D eigenvalue weighted by Gasteiger charge is 2.21. The van der Waals surface area contributed by atoms with Gasteiger partial charge in [0.15, 0.2) is 22.3 Å². The second-order valence-electron chi connectivity index (χ2n) is 22.3. The monoisotopic (exact) mass is 1250 g/mol. The van der Waals surface area contributed by atoms with Crippen molar-refractivity contribution in [2.75, 3.05) is 64.7 Å². The minimum atomic E-state index is -0.509. The Kier molecular flexibility index (Phi) is 26.6. The number of anilines is 3. The van der Waals surface area contributed by atoms with Crippen LogP contribution in [-0.4, -0.2) is 168 Å². The SMILES string of the molecule is CCOC(=O)CCCCOc1ccc(-n2nnc3cnc(Cl)nc32)cc1.CCOC(=O)CCCCOc1ccc(-n2nnc3cnc(Nc4cnn(CCCCN(C)C(=O)OC(C)(C)C)c4)nc32)cc1.CN(CCCCn1cc(N)cn1)C(=O)OC(C)(C)C. The molecule has 29 heteroatoms. The van der Waals surface area contributed by atoms with Crippen molar-refractivity contribution in [3.63, 3.8) is 0 Å². The zero-order valence-corrected chi connectivity index (χ0v) is 53.3. The van der Waals surface area contributed by atoms with Gasteiger partial charge in [-0.1, -0.05) is 10.4 Å². The maximum Gasteiger partial charge on any atom is 0.410 e. The third kappa shape index (κ3) is 24.1. The van der Waals surface area contributed by atoms with Crippen molar-refractivity contribution >= 4 is 75.4 Å². The Morgan fingerprint density at radius 1 is 0.584 bits per heavy atom. The van der Waals surface area contributed by atoms with Crippen molar-refractivity contribution in [1.29, 1.82) is 0 Å². The molecule has 0 unspecified atom stereocenters. The molecule has 6 heterocycles. The number of hydrogen-bond donors (Lipinski definition) is 2. The maximum atomic E-state index is 12.1. The number of aryl methyl sites for hydroxylation is 2. The van der Waals surface area contributed by atoms with Gasteiger partial charge in [0.05, 0.1) is 74.0 Å². The Bertz CT molecular complexity index is 3470. The first-order chi connectivity index (χ1) is 42.6. The molecule has 0 aliphatic heterocycles. The first-order valence-corrected chi connectivity index (χ1v) is 30.0. The summed E-state index contributed by atoms with van der Waals surface area (Å²) >= 11 is 5.84. The fourth-order valence-corrected chi connectivity index (χ4v) is 8.22. The number of hydrogen-bond acceptors (Lipinski definition) is 22. The molecular weight excluding hydrogens is 1170 g/mol. The lowest BCUT2D eigenvalue weighted by molar-refractivity contribution is -0.144. The number of rotatable bonds is 28. The Hall–Kier alpha value is -9.21. The van der Waals surface area contributed by atoms with Gasteiger partial charge in [-0.15, -0.1) is 10.2 Å². The molecule has 89 heavy (non-hydrogen) atoms. The summed E-state index contributed by atoms with van der Waals surface area (Å²) in [5.74, 6) is 1.51. The van der Waals surface area contributed by atoms with E-state index in [9.17, 15) is 19.2 Å². The maximum absolute atomic E-state index is 12.1. The molecule has 0 bridgehead atoms. The van der Waals surface area contributed by atoms with Crippen LogP contribution in [0.25, 0.3) is 33.7 Å². The van der Waals surface area contributed by atoms with Crippen molar-refractivity contribution in [1.82, 2.24) is 79.3 Å². The number of benzene rings is 2. The number of nitrogens with zero attached hydrogens (tertiary/aromatic N) is 16. The number of nitrogens with one attached hydrogen (secondary N) is 1. The van der Waals surface area contributed by atoms with Gasteiger partial charge in [-0.25, -0.2) is 19.6 Å². The molecule has 0 fully saturated rings. The van der Waals surface area contributed by atoms with E-state index in [1.807, 2.05) is 106 Å². The normalized spacial score (nSPS) is 11.2. The lowest BCUT2D eigenvalue weighted by atomic mass is 10.2. The molecule has 0 aliphatic carbocycles. The molecule has 8 rings (SSSR count). The van der Waals surface area contributed by atoms with Crippen LogP contribution in [0.15, 0.2) is 85.7 Å². The second kappa shape index (κ2) is 34.4.